The van der Waals surface area contributed by atoms with E-state index in [-0.39, 0.29) is 18.6 Å². The van der Waals surface area contributed by atoms with Crippen molar-refractivity contribution < 1.29 is 14.6 Å². The van der Waals surface area contributed by atoms with Crippen LogP contribution < -0.4 is 10.1 Å². The van der Waals surface area contributed by atoms with Crippen LogP contribution in [0.2, 0.25) is 5.02 Å². The van der Waals surface area contributed by atoms with Crippen molar-refractivity contribution in [2.45, 2.75) is 26.3 Å². The van der Waals surface area contributed by atoms with Gasteiger partial charge in [0.05, 0.1) is 12.2 Å². The Morgan fingerprint density at radius 1 is 1.56 bits per heavy atom. The van der Waals surface area contributed by atoms with Gasteiger partial charge in [-0.1, -0.05) is 11.6 Å². The highest BCUT2D eigenvalue weighted by molar-refractivity contribution is 6.30. The Balaban J connectivity index is 2.84. The van der Waals surface area contributed by atoms with Crippen LogP contribution in [-0.4, -0.2) is 30.3 Å². The molecule has 0 aliphatic rings. The molecular formula is C13H18ClNO3. The van der Waals surface area contributed by atoms with Crippen LogP contribution in [0.3, 0.4) is 0 Å². The summed E-state index contributed by atoms with van der Waals surface area (Å²) in [5.41, 5.74) is 0.450. The quantitative estimate of drug-likeness (QED) is 0.834. The summed E-state index contributed by atoms with van der Waals surface area (Å²) in [6.07, 6.45) is 0.517. The van der Waals surface area contributed by atoms with Gasteiger partial charge in [-0.2, -0.15) is 0 Å². The lowest BCUT2D eigenvalue weighted by Gasteiger charge is -2.15. The third-order valence-electron chi connectivity index (χ3n) is 2.43. The molecule has 1 aromatic rings. The highest BCUT2D eigenvalue weighted by Gasteiger charge is 2.14. The van der Waals surface area contributed by atoms with E-state index >= 15 is 0 Å². The maximum atomic E-state index is 12.0. The predicted octanol–water partition coefficient (Wildman–Crippen LogP) is 2.24. The third kappa shape index (κ3) is 4.20. The van der Waals surface area contributed by atoms with Crippen molar-refractivity contribution in [3.8, 4) is 5.75 Å². The lowest BCUT2D eigenvalue weighted by Crippen LogP contribution is -2.33. The van der Waals surface area contributed by atoms with E-state index in [1.54, 1.807) is 18.2 Å². The molecule has 0 saturated heterocycles. The SMILES string of the molecule is CCOc1cc(Cl)ccc1C(=O)NC(C)CCO. The number of carbonyl (C=O) groups is 1. The smallest absolute Gasteiger partial charge is 0.255 e. The van der Waals surface area contributed by atoms with Crippen molar-refractivity contribution in [1.82, 2.24) is 5.32 Å². The van der Waals surface area contributed by atoms with Gasteiger partial charge in [0.2, 0.25) is 0 Å². The molecule has 0 radical (unpaired) electrons. The highest BCUT2D eigenvalue weighted by Crippen LogP contribution is 2.23. The zero-order chi connectivity index (χ0) is 13.5. The largest absolute Gasteiger partial charge is 0.493 e. The monoisotopic (exact) mass is 271 g/mol. The molecule has 1 rings (SSSR count). The molecule has 1 aromatic carbocycles. The second kappa shape index (κ2) is 7.24. The summed E-state index contributed by atoms with van der Waals surface area (Å²) in [7, 11) is 0. The Morgan fingerprint density at radius 2 is 2.28 bits per heavy atom. The van der Waals surface area contributed by atoms with Crippen LogP contribution in [0.25, 0.3) is 0 Å². The zero-order valence-corrected chi connectivity index (χ0v) is 11.3. The summed E-state index contributed by atoms with van der Waals surface area (Å²) in [6, 6.07) is 4.81. The summed E-state index contributed by atoms with van der Waals surface area (Å²) in [5, 5.41) is 12.1. The number of halogens is 1. The molecule has 2 N–H and O–H groups in total. The Labute approximate surface area is 112 Å². The average molecular weight is 272 g/mol. The average Bonchev–Trinajstić information content (AvgIpc) is 2.29. The highest BCUT2D eigenvalue weighted by atomic mass is 35.5. The number of rotatable bonds is 6. The molecule has 1 amide bonds. The number of aliphatic hydroxyl groups excluding tert-OH is 1. The first-order chi connectivity index (χ1) is 8.58. The van der Waals surface area contributed by atoms with Gasteiger partial charge < -0.3 is 15.2 Å². The minimum Gasteiger partial charge on any atom is -0.493 e. The van der Waals surface area contributed by atoms with Gasteiger partial charge in [-0.05, 0) is 38.5 Å². The summed E-state index contributed by atoms with van der Waals surface area (Å²) >= 11 is 5.87. The van der Waals surface area contributed by atoms with Gasteiger partial charge in [-0.3, -0.25) is 4.79 Å². The molecule has 4 nitrogen and oxygen atoms in total. The van der Waals surface area contributed by atoms with Gasteiger partial charge in [-0.15, -0.1) is 0 Å². The van der Waals surface area contributed by atoms with E-state index in [9.17, 15) is 4.79 Å². The first-order valence-electron chi connectivity index (χ1n) is 5.92. The first-order valence-corrected chi connectivity index (χ1v) is 6.30. The number of nitrogens with one attached hydrogen (secondary N) is 1. The third-order valence-corrected chi connectivity index (χ3v) is 2.66. The molecule has 0 heterocycles. The molecule has 0 aliphatic carbocycles. The van der Waals surface area contributed by atoms with Gasteiger partial charge >= 0.3 is 0 Å². The lowest BCUT2D eigenvalue weighted by molar-refractivity contribution is 0.0930. The molecule has 0 fully saturated rings. The number of amides is 1. The van der Waals surface area contributed by atoms with Crippen molar-refractivity contribution in [2.75, 3.05) is 13.2 Å². The van der Waals surface area contributed by atoms with Gasteiger partial charge in [0.1, 0.15) is 5.75 Å². The van der Waals surface area contributed by atoms with Crippen LogP contribution in [0.15, 0.2) is 18.2 Å². The molecule has 1 atom stereocenters. The maximum Gasteiger partial charge on any atom is 0.255 e. The Hall–Kier alpha value is -1.26. The van der Waals surface area contributed by atoms with Crippen molar-refractivity contribution >= 4 is 17.5 Å². The number of carbonyl (C=O) groups excluding carboxylic acids is 1. The first kappa shape index (κ1) is 14.8. The number of hydrogen-bond acceptors (Lipinski definition) is 3. The summed E-state index contributed by atoms with van der Waals surface area (Å²) < 4.78 is 5.39. The van der Waals surface area contributed by atoms with Gasteiger partial charge in [0, 0.05) is 17.7 Å². The van der Waals surface area contributed by atoms with Crippen molar-refractivity contribution in [2.24, 2.45) is 0 Å². The second-order valence-electron chi connectivity index (χ2n) is 3.96. The normalized spacial score (nSPS) is 12.0. The van der Waals surface area contributed by atoms with E-state index in [0.29, 0.717) is 29.4 Å². The maximum absolute atomic E-state index is 12.0. The summed E-state index contributed by atoms with van der Waals surface area (Å²) in [5.74, 6) is 0.245. The van der Waals surface area contributed by atoms with Gasteiger partial charge in [0.15, 0.2) is 0 Å². The lowest BCUT2D eigenvalue weighted by atomic mass is 10.1. The molecule has 0 aromatic heterocycles. The van der Waals surface area contributed by atoms with Gasteiger partial charge in [-0.25, -0.2) is 0 Å². The standard InChI is InChI=1S/C13H18ClNO3/c1-3-18-12-8-10(14)4-5-11(12)13(17)15-9(2)6-7-16/h4-5,8-9,16H,3,6-7H2,1-2H3,(H,15,17). The van der Waals surface area contributed by atoms with E-state index in [4.69, 9.17) is 21.4 Å². The molecule has 0 spiro atoms. The summed E-state index contributed by atoms with van der Waals surface area (Å²) in [6.45, 7) is 4.19. The Kier molecular flexibility index (Phi) is 5.95. The minimum atomic E-state index is -0.226. The number of aliphatic hydroxyl groups is 1. The van der Waals surface area contributed by atoms with Crippen LogP contribution in [0, 0.1) is 0 Å². The van der Waals surface area contributed by atoms with Crippen LogP contribution >= 0.6 is 11.6 Å². The minimum absolute atomic E-state index is 0.0420. The fourth-order valence-electron chi connectivity index (χ4n) is 1.53. The van der Waals surface area contributed by atoms with Crippen molar-refractivity contribution in [3.05, 3.63) is 28.8 Å². The van der Waals surface area contributed by atoms with Crippen LogP contribution in [0.5, 0.6) is 5.75 Å². The Morgan fingerprint density at radius 3 is 2.89 bits per heavy atom. The topological polar surface area (TPSA) is 58.6 Å². The number of benzene rings is 1. The van der Waals surface area contributed by atoms with Crippen LogP contribution in [-0.2, 0) is 0 Å². The number of ether oxygens (including phenoxy) is 1. The van der Waals surface area contributed by atoms with Crippen LogP contribution in [0.1, 0.15) is 30.6 Å². The summed E-state index contributed by atoms with van der Waals surface area (Å²) in [4.78, 5) is 12.0. The van der Waals surface area contributed by atoms with Crippen LogP contribution in [0.4, 0.5) is 0 Å². The molecule has 0 bridgehead atoms. The molecular weight excluding hydrogens is 254 g/mol. The molecule has 100 valence electrons. The fourth-order valence-corrected chi connectivity index (χ4v) is 1.69. The number of hydrogen-bond donors (Lipinski definition) is 2. The zero-order valence-electron chi connectivity index (χ0n) is 10.6. The molecule has 1 unspecified atom stereocenters. The predicted molar refractivity (Wildman–Crippen MR) is 71.3 cm³/mol. The Bertz CT molecular complexity index is 409. The van der Waals surface area contributed by atoms with E-state index in [0.717, 1.165) is 0 Å². The molecule has 5 heteroatoms. The van der Waals surface area contributed by atoms with Crippen molar-refractivity contribution in [1.29, 1.82) is 0 Å². The van der Waals surface area contributed by atoms with Crippen molar-refractivity contribution in [3.63, 3.8) is 0 Å². The second-order valence-corrected chi connectivity index (χ2v) is 4.40. The molecule has 0 aliphatic heterocycles. The fraction of sp³-hybridized carbons (Fsp3) is 0.462. The van der Waals surface area contributed by atoms with E-state index in [1.807, 2.05) is 13.8 Å². The molecule has 0 saturated carbocycles. The van der Waals surface area contributed by atoms with Gasteiger partial charge in [0.25, 0.3) is 5.91 Å². The molecule has 18 heavy (non-hydrogen) atoms. The van der Waals surface area contributed by atoms with E-state index in [2.05, 4.69) is 5.32 Å². The van der Waals surface area contributed by atoms with E-state index < -0.39 is 0 Å². The van der Waals surface area contributed by atoms with E-state index in [1.165, 1.54) is 0 Å².